The topological polar surface area (TPSA) is 71.1 Å². The van der Waals surface area contributed by atoms with Gasteiger partial charge >= 0.3 is 0 Å². The number of aromatic nitrogens is 1. The molecule has 5 nitrogen and oxygen atoms in total. The van der Waals surface area contributed by atoms with E-state index >= 15 is 0 Å². The van der Waals surface area contributed by atoms with Crippen LogP contribution in [0.25, 0.3) is 0 Å². The number of amides is 2. The Morgan fingerprint density at radius 2 is 1.72 bits per heavy atom. The summed E-state index contributed by atoms with van der Waals surface area (Å²) in [5.41, 5.74) is 1.29. The van der Waals surface area contributed by atoms with E-state index in [1.165, 1.54) is 11.3 Å². The van der Waals surface area contributed by atoms with Crippen LogP contribution in [-0.2, 0) is 6.42 Å². The quantitative estimate of drug-likeness (QED) is 0.723. The fourth-order valence-electron chi connectivity index (χ4n) is 2.24. The van der Waals surface area contributed by atoms with Crippen molar-refractivity contribution in [2.75, 3.05) is 13.1 Å². The number of carbonyl (C=O) groups is 2. The lowest BCUT2D eigenvalue weighted by atomic mass is 10.1. The summed E-state index contributed by atoms with van der Waals surface area (Å²) in [4.78, 5) is 29.3. The van der Waals surface area contributed by atoms with Crippen LogP contribution in [0.15, 0.2) is 24.3 Å². The van der Waals surface area contributed by atoms with E-state index < -0.39 is 0 Å². The van der Waals surface area contributed by atoms with Crippen LogP contribution < -0.4 is 10.6 Å². The lowest BCUT2D eigenvalue weighted by Crippen LogP contribution is -2.34. The molecule has 0 aliphatic heterocycles. The molecule has 0 atom stereocenters. The van der Waals surface area contributed by atoms with Crippen LogP contribution in [0.2, 0.25) is 5.02 Å². The molecular weight excluding hydrogens is 358 g/mol. The van der Waals surface area contributed by atoms with Crippen LogP contribution in [0, 0.1) is 12.8 Å². The number of halogens is 1. The average molecular weight is 380 g/mol. The molecule has 0 aliphatic carbocycles. The Morgan fingerprint density at radius 1 is 1.12 bits per heavy atom. The van der Waals surface area contributed by atoms with E-state index in [9.17, 15) is 9.59 Å². The summed E-state index contributed by atoms with van der Waals surface area (Å²) in [6.07, 6.45) is 0.871. The second kappa shape index (κ2) is 8.97. The second-order valence-corrected chi connectivity index (χ2v) is 7.66. The van der Waals surface area contributed by atoms with Gasteiger partial charge in [-0.05, 0) is 37.1 Å². The molecule has 0 fully saturated rings. The Balaban J connectivity index is 1.79. The standard InChI is InChI=1S/C18H22ClN3O2S/c1-11(2)10-15-22-12(3)16(25-15)18(24)21-9-8-20-17(23)13-4-6-14(19)7-5-13/h4-7,11H,8-10H2,1-3H3,(H,20,23)(H,21,24). The van der Waals surface area contributed by atoms with E-state index in [4.69, 9.17) is 11.6 Å². The Bertz CT molecular complexity index is 741. The third kappa shape index (κ3) is 5.83. The molecule has 134 valence electrons. The van der Waals surface area contributed by atoms with Crippen LogP contribution in [0.3, 0.4) is 0 Å². The minimum Gasteiger partial charge on any atom is -0.350 e. The zero-order valence-electron chi connectivity index (χ0n) is 14.6. The van der Waals surface area contributed by atoms with Gasteiger partial charge in [0.2, 0.25) is 0 Å². The fraction of sp³-hybridized carbons (Fsp3) is 0.389. The van der Waals surface area contributed by atoms with Gasteiger partial charge in [0.05, 0.1) is 10.7 Å². The van der Waals surface area contributed by atoms with Crippen LogP contribution in [0.4, 0.5) is 0 Å². The smallest absolute Gasteiger partial charge is 0.263 e. The van der Waals surface area contributed by atoms with Crippen molar-refractivity contribution in [1.29, 1.82) is 0 Å². The number of nitrogens with zero attached hydrogens (tertiary/aromatic N) is 1. The molecule has 1 heterocycles. The summed E-state index contributed by atoms with van der Waals surface area (Å²) in [5.74, 6) is 0.161. The highest BCUT2D eigenvalue weighted by molar-refractivity contribution is 7.13. The molecule has 1 aromatic heterocycles. The number of hydrogen-bond acceptors (Lipinski definition) is 4. The largest absolute Gasteiger partial charge is 0.350 e. The van der Waals surface area contributed by atoms with Gasteiger partial charge in [-0.2, -0.15) is 0 Å². The van der Waals surface area contributed by atoms with Crippen molar-refractivity contribution in [2.24, 2.45) is 5.92 Å². The molecular formula is C18H22ClN3O2S. The zero-order valence-corrected chi connectivity index (χ0v) is 16.1. The fourth-order valence-corrected chi connectivity index (χ4v) is 3.55. The first kappa shape index (κ1) is 19.4. The lowest BCUT2D eigenvalue weighted by molar-refractivity contribution is 0.0929. The normalized spacial score (nSPS) is 10.8. The second-order valence-electron chi connectivity index (χ2n) is 6.14. The molecule has 2 rings (SSSR count). The number of thiazole rings is 1. The lowest BCUT2D eigenvalue weighted by Gasteiger charge is -2.07. The van der Waals surface area contributed by atoms with Crippen molar-refractivity contribution in [3.8, 4) is 0 Å². The minimum atomic E-state index is -0.195. The number of aryl methyl sites for hydroxylation is 1. The first-order valence-corrected chi connectivity index (χ1v) is 9.34. The number of nitrogens with one attached hydrogen (secondary N) is 2. The van der Waals surface area contributed by atoms with Crippen molar-refractivity contribution < 1.29 is 9.59 Å². The minimum absolute atomic E-state index is 0.147. The summed E-state index contributed by atoms with van der Waals surface area (Å²) < 4.78 is 0. The van der Waals surface area contributed by atoms with Crippen LogP contribution >= 0.6 is 22.9 Å². The molecule has 0 bridgehead atoms. The summed E-state index contributed by atoms with van der Waals surface area (Å²) in [6.45, 7) is 6.80. The highest BCUT2D eigenvalue weighted by Crippen LogP contribution is 2.20. The maximum Gasteiger partial charge on any atom is 0.263 e. The molecule has 0 aliphatic rings. The molecule has 7 heteroatoms. The highest BCUT2D eigenvalue weighted by atomic mass is 35.5. The number of benzene rings is 1. The van der Waals surface area contributed by atoms with Gasteiger partial charge in [0.1, 0.15) is 4.88 Å². The Morgan fingerprint density at radius 3 is 2.32 bits per heavy atom. The van der Waals surface area contributed by atoms with Crippen molar-refractivity contribution in [1.82, 2.24) is 15.6 Å². The Kier molecular flexibility index (Phi) is 6.96. The van der Waals surface area contributed by atoms with Gasteiger partial charge in [-0.1, -0.05) is 25.4 Å². The van der Waals surface area contributed by atoms with Gasteiger partial charge in [-0.15, -0.1) is 11.3 Å². The van der Waals surface area contributed by atoms with E-state index in [0.29, 0.717) is 34.5 Å². The summed E-state index contributed by atoms with van der Waals surface area (Å²) in [7, 11) is 0. The average Bonchev–Trinajstić information content (AvgIpc) is 2.91. The SMILES string of the molecule is Cc1nc(CC(C)C)sc1C(=O)NCCNC(=O)c1ccc(Cl)cc1. The van der Waals surface area contributed by atoms with Crippen molar-refractivity contribution in [2.45, 2.75) is 27.2 Å². The summed E-state index contributed by atoms with van der Waals surface area (Å²) >= 11 is 7.23. The molecule has 0 saturated carbocycles. The van der Waals surface area contributed by atoms with Gasteiger partial charge in [-0.25, -0.2) is 4.98 Å². The number of hydrogen-bond donors (Lipinski definition) is 2. The van der Waals surface area contributed by atoms with Crippen LogP contribution in [0.1, 0.15) is 44.6 Å². The third-order valence-electron chi connectivity index (χ3n) is 3.43. The van der Waals surface area contributed by atoms with E-state index in [1.54, 1.807) is 24.3 Å². The predicted molar refractivity (Wildman–Crippen MR) is 102 cm³/mol. The molecule has 25 heavy (non-hydrogen) atoms. The van der Waals surface area contributed by atoms with E-state index in [1.807, 2.05) is 6.92 Å². The zero-order chi connectivity index (χ0) is 18.4. The summed E-state index contributed by atoms with van der Waals surface area (Å²) in [5, 5.41) is 7.14. The van der Waals surface area contributed by atoms with E-state index in [0.717, 1.165) is 17.1 Å². The first-order chi connectivity index (χ1) is 11.9. The van der Waals surface area contributed by atoms with Crippen molar-refractivity contribution in [3.05, 3.63) is 50.4 Å². The monoisotopic (exact) mass is 379 g/mol. The predicted octanol–water partition coefficient (Wildman–Crippen LogP) is 3.46. The maximum atomic E-state index is 12.2. The van der Waals surface area contributed by atoms with Crippen molar-refractivity contribution in [3.63, 3.8) is 0 Å². The summed E-state index contributed by atoms with van der Waals surface area (Å²) in [6, 6.07) is 6.65. The molecule has 0 unspecified atom stereocenters. The third-order valence-corrected chi connectivity index (χ3v) is 4.86. The molecule has 2 amide bonds. The Labute approximate surface area is 156 Å². The molecule has 2 aromatic rings. The highest BCUT2D eigenvalue weighted by Gasteiger charge is 2.15. The molecule has 0 radical (unpaired) electrons. The van der Waals surface area contributed by atoms with Crippen LogP contribution in [0.5, 0.6) is 0 Å². The van der Waals surface area contributed by atoms with Crippen molar-refractivity contribution >= 4 is 34.8 Å². The van der Waals surface area contributed by atoms with Gasteiger partial charge in [0, 0.05) is 30.1 Å². The molecule has 0 spiro atoms. The molecule has 1 aromatic carbocycles. The van der Waals surface area contributed by atoms with Gasteiger partial charge in [0.25, 0.3) is 11.8 Å². The van der Waals surface area contributed by atoms with E-state index in [-0.39, 0.29) is 11.8 Å². The molecule has 2 N–H and O–H groups in total. The maximum absolute atomic E-state index is 12.2. The van der Waals surface area contributed by atoms with Gasteiger partial charge in [0.15, 0.2) is 0 Å². The number of carbonyl (C=O) groups excluding carboxylic acids is 2. The van der Waals surface area contributed by atoms with Gasteiger partial charge < -0.3 is 10.6 Å². The van der Waals surface area contributed by atoms with E-state index in [2.05, 4.69) is 29.5 Å². The first-order valence-electron chi connectivity index (χ1n) is 8.15. The number of rotatable bonds is 7. The van der Waals surface area contributed by atoms with Crippen LogP contribution in [-0.4, -0.2) is 29.9 Å². The molecule has 0 saturated heterocycles. The van der Waals surface area contributed by atoms with Gasteiger partial charge in [-0.3, -0.25) is 9.59 Å². The Hall–Kier alpha value is -1.92.